The highest BCUT2D eigenvalue weighted by atomic mass is 35.5. The van der Waals surface area contributed by atoms with Crippen LogP contribution >= 0.6 is 34.8 Å². The van der Waals surface area contributed by atoms with Gasteiger partial charge < -0.3 is 21.7 Å². The van der Waals surface area contributed by atoms with E-state index in [1.54, 1.807) is 79.8 Å². The number of nitrogens with two attached hydrogens (primary N) is 2. The van der Waals surface area contributed by atoms with Crippen molar-refractivity contribution in [2.75, 3.05) is 35.8 Å². The number of imidazole rings is 2. The van der Waals surface area contributed by atoms with Gasteiger partial charge in [0.25, 0.3) is 0 Å². The fraction of sp³-hybridized carbons (Fsp3) is 0.0476. The van der Waals surface area contributed by atoms with E-state index >= 15 is 0 Å². The molecule has 0 atom stereocenters. The van der Waals surface area contributed by atoms with Gasteiger partial charge in [0.05, 0.1) is 22.7 Å². The zero-order valence-corrected chi connectivity index (χ0v) is 34.7. The van der Waals surface area contributed by atoms with E-state index in [2.05, 4.69) is 38.4 Å². The van der Waals surface area contributed by atoms with Crippen LogP contribution in [0.2, 0.25) is 10.0 Å². The average molecular weight is 878 g/mol. The molecule has 0 bridgehead atoms. The largest absolute Gasteiger partial charge is 0.388 e. The summed E-state index contributed by atoms with van der Waals surface area (Å²) < 4.78 is 5.87. The molecule has 0 aliphatic carbocycles. The molecule has 0 unspecified atom stereocenters. The molecular formula is C42H35Cl3N12O4. The number of hydrogen-bond donors (Lipinski definition) is 3. The monoisotopic (exact) mass is 876 g/mol. The quantitative estimate of drug-likeness (QED) is 0.108. The molecule has 4 heterocycles. The molecule has 16 nitrogen and oxygen atoms in total. The van der Waals surface area contributed by atoms with Gasteiger partial charge in [0.1, 0.15) is 23.7 Å². The number of nitrogens with zero attached hydrogens (tertiary/aromatic N) is 9. The van der Waals surface area contributed by atoms with E-state index in [1.165, 1.54) is 41.9 Å². The van der Waals surface area contributed by atoms with Crippen LogP contribution in [-0.4, -0.2) is 63.4 Å². The number of amides is 1. The number of aromatic nitrogens is 8. The van der Waals surface area contributed by atoms with E-state index in [-0.39, 0.29) is 28.9 Å². The molecule has 5 N–H and O–H groups in total. The molecule has 0 saturated carbocycles. The molecule has 4 aromatic carbocycles. The summed E-state index contributed by atoms with van der Waals surface area (Å²) in [6.07, 6.45) is 4.92. The summed E-state index contributed by atoms with van der Waals surface area (Å²) in [4.78, 5) is 66.3. The zero-order valence-electron chi connectivity index (χ0n) is 32.4. The molecule has 0 spiro atoms. The Morgan fingerprint density at radius 1 is 0.656 bits per heavy atom. The molecule has 0 aliphatic heterocycles. The van der Waals surface area contributed by atoms with E-state index in [9.17, 15) is 19.2 Å². The molecule has 1 amide bonds. The minimum Gasteiger partial charge on any atom is -0.388 e. The van der Waals surface area contributed by atoms with Crippen molar-refractivity contribution >= 4 is 91.3 Å². The van der Waals surface area contributed by atoms with Crippen molar-refractivity contribution in [1.29, 1.82) is 0 Å². The van der Waals surface area contributed by atoms with Crippen molar-refractivity contribution in [2.24, 2.45) is 0 Å². The van der Waals surface area contributed by atoms with Gasteiger partial charge in [-0.3, -0.25) is 18.7 Å². The van der Waals surface area contributed by atoms with Gasteiger partial charge in [-0.25, -0.2) is 38.7 Å². The van der Waals surface area contributed by atoms with Crippen molar-refractivity contribution < 1.29 is 9.59 Å². The molecule has 0 radical (unpaired) electrons. The second-order valence-electron chi connectivity index (χ2n) is 12.7. The van der Waals surface area contributed by atoms with Crippen molar-refractivity contribution in [3.05, 3.63) is 166 Å². The zero-order chi connectivity index (χ0) is 44.0. The third kappa shape index (κ3) is 8.91. The number of carbonyl (C=O) groups excluding carboxylic acids is 2. The molecule has 0 aliphatic rings. The number of likely N-dealkylation sites (N-methyl/N-ethyl adjacent to an activating group) is 1. The van der Waals surface area contributed by atoms with Crippen molar-refractivity contribution in [3.63, 3.8) is 0 Å². The first-order chi connectivity index (χ1) is 29.3. The number of benzene rings is 4. The van der Waals surface area contributed by atoms with Crippen molar-refractivity contribution in [3.8, 4) is 22.7 Å². The number of nitrogen functional groups attached to an aromatic ring is 2. The van der Waals surface area contributed by atoms with Gasteiger partial charge in [-0.15, -0.1) is 0 Å². The number of nitrogens with one attached hydrogen (secondary N) is 1. The van der Waals surface area contributed by atoms with Crippen molar-refractivity contribution in [2.45, 2.75) is 0 Å². The summed E-state index contributed by atoms with van der Waals surface area (Å²) in [5, 5.41) is 3.68. The second kappa shape index (κ2) is 18.6. The van der Waals surface area contributed by atoms with Crippen LogP contribution in [0.3, 0.4) is 0 Å². The van der Waals surface area contributed by atoms with Crippen LogP contribution in [0.15, 0.2) is 145 Å². The lowest BCUT2D eigenvalue weighted by Crippen LogP contribution is -2.25. The van der Waals surface area contributed by atoms with E-state index < -0.39 is 5.24 Å². The molecular weight excluding hydrogens is 843 g/mol. The Morgan fingerprint density at radius 2 is 1.10 bits per heavy atom. The number of fused-ring (bicyclic) bond motifs is 2. The highest BCUT2D eigenvalue weighted by Crippen LogP contribution is 2.27. The standard InChI is InChI=1S/C21H17ClN6O2.C18H15ClN6O.C3H3ClO/c1-3-17(29)26(2)15-5-4-6-16(11-15)28-20-18(19(23)24-12-25-20)27(21(28)30)14-9-7-13(22)8-10-14;1-21-12-3-2-4-14(9-12)25-17-15(16(20)22-10-23-17)24(18(25)26)13-7-5-11(19)6-8-13;1-2-3(4)5/h3-12H,1H2,2H3,(H2,23,24,25);2-10,21H,1H3,(H2,20,22,23);2H,1H2. The molecule has 61 heavy (non-hydrogen) atoms. The number of halogens is 3. The van der Waals surface area contributed by atoms with Crippen LogP contribution in [0.5, 0.6) is 0 Å². The van der Waals surface area contributed by atoms with E-state index in [1.807, 2.05) is 31.3 Å². The first-order valence-electron chi connectivity index (χ1n) is 17.9. The number of carbonyl (C=O) groups is 2. The Kier molecular flexibility index (Phi) is 13.1. The first kappa shape index (κ1) is 43.1. The number of allylic oxidation sites excluding steroid dienone is 1. The first-order valence-corrected chi connectivity index (χ1v) is 19.0. The van der Waals surface area contributed by atoms with Gasteiger partial charge in [-0.2, -0.15) is 0 Å². The maximum absolute atomic E-state index is 13.5. The van der Waals surface area contributed by atoms with Gasteiger partial charge in [-0.05, 0) is 109 Å². The number of rotatable bonds is 8. The van der Waals surface area contributed by atoms with Crippen LogP contribution in [0, 0.1) is 0 Å². The maximum Gasteiger partial charge on any atom is 0.339 e. The minimum atomic E-state index is -0.509. The normalized spacial score (nSPS) is 10.6. The lowest BCUT2D eigenvalue weighted by molar-refractivity contribution is -0.114. The Bertz CT molecular complexity index is 3070. The van der Waals surface area contributed by atoms with Gasteiger partial charge in [-0.1, -0.05) is 48.5 Å². The second-order valence-corrected chi connectivity index (χ2v) is 13.9. The third-order valence-corrected chi connectivity index (χ3v) is 9.66. The lowest BCUT2D eigenvalue weighted by atomic mass is 10.2. The van der Waals surface area contributed by atoms with Crippen LogP contribution in [-0.2, 0) is 9.59 Å². The smallest absolute Gasteiger partial charge is 0.339 e. The molecule has 0 saturated heterocycles. The SMILES string of the molecule is C=CC(=O)Cl.C=CC(=O)N(C)c1cccc(-n2c(=O)n(-c3ccc(Cl)cc3)c3c(N)ncnc32)c1.CNc1cccc(-n2c(=O)n(-c3ccc(Cl)cc3)c3c(N)ncnc32)c1. The Morgan fingerprint density at radius 3 is 1.52 bits per heavy atom. The molecule has 308 valence electrons. The minimum absolute atomic E-state index is 0.168. The predicted octanol–water partition coefficient (Wildman–Crippen LogP) is 6.74. The van der Waals surface area contributed by atoms with Gasteiger partial charge >= 0.3 is 11.4 Å². The Hall–Kier alpha value is -7.53. The highest BCUT2D eigenvalue weighted by Gasteiger charge is 2.22. The van der Waals surface area contributed by atoms with Crippen LogP contribution in [0.4, 0.5) is 23.0 Å². The summed E-state index contributed by atoms with van der Waals surface area (Å²) in [7, 11) is 3.45. The van der Waals surface area contributed by atoms with Gasteiger partial charge in [0.15, 0.2) is 22.9 Å². The summed E-state index contributed by atoms with van der Waals surface area (Å²) in [5.74, 6) is 0.126. The maximum atomic E-state index is 13.5. The summed E-state index contributed by atoms with van der Waals surface area (Å²) in [6, 6.07) is 28.2. The topological polar surface area (TPSA) is 207 Å². The molecule has 19 heteroatoms. The average Bonchev–Trinajstić information content (AvgIpc) is 3.75. The van der Waals surface area contributed by atoms with E-state index in [0.29, 0.717) is 60.8 Å². The third-order valence-electron chi connectivity index (χ3n) is 9.00. The number of anilines is 4. The molecule has 0 fully saturated rings. The molecule has 8 aromatic rings. The Labute approximate surface area is 362 Å². The van der Waals surface area contributed by atoms with Crippen molar-refractivity contribution in [1.82, 2.24) is 38.2 Å². The summed E-state index contributed by atoms with van der Waals surface area (Å²) in [6.45, 7) is 6.58. The van der Waals surface area contributed by atoms with Crippen LogP contribution < -0.4 is 33.1 Å². The fourth-order valence-electron chi connectivity index (χ4n) is 6.12. The lowest BCUT2D eigenvalue weighted by Gasteiger charge is -2.16. The van der Waals surface area contributed by atoms with Gasteiger partial charge in [0, 0.05) is 35.5 Å². The highest BCUT2D eigenvalue weighted by molar-refractivity contribution is 6.66. The van der Waals surface area contributed by atoms with Crippen LogP contribution in [0.25, 0.3) is 45.1 Å². The fourth-order valence-corrected chi connectivity index (χ4v) is 6.38. The molecule has 4 aromatic heterocycles. The van der Waals surface area contributed by atoms with Gasteiger partial charge in [0.2, 0.25) is 11.1 Å². The predicted molar refractivity (Wildman–Crippen MR) is 242 cm³/mol. The summed E-state index contributed by atoms with van der Waals surface area (Å²) >= 11 is 16.7. The summed E-state index contributed by atoms with van der Waals surface area (Å²) in [5.41, 5.74) is 17.0. The van der Waals surface area contributed by atoms with E-state index in [0.717, 1.165) is 11.8 Å². The van der Waals surface area contributed by atoms with E-state index in [4.69, 9.17) is 46.3 Å². The molecule has 8 rings (SSSR count). The number of hydrogen-bond acceptors (Lipinski definition) is 11. The van der Waals surface area contributed by atoms with Crippen LogP contribution in [0.1, 0.15) is 0 Å². The Balaban J connectivity index is 0.000000185.